The van der Waals surface area contributed by atoms with E-state index in [1.807, 2.05) is 24.3 Å². The topological polar surface area (TPSA) is 67.2 Å². The van der Waals surface area contributed by atoms with Gasteiger partial charge in [-0.25, -0.2) is 0 Å². The number of nitrogens with two attached hydrogens (primary N) is 1. The van der Waals surface area contributed by atoms with Gasteiger partial charge in [0.05, 0.1) is 22.8 Å². The number of amides is 1. The Morgan fingerprint density at radius 3 is 2.85 bits per heavy atom. The Balaban J connectivity index is 1.93. The van der Waals surface area contributed by atoms with Crippen LogP contribution in [0.25, 0.3) is 0 Å². The second kappa shape index (κ2) is 5.00. The average molecular weight is 353 g/mol. The molecule has 2 aromatic carbocycles. The van der Waals surface area contributed by atoms with E-state index >= 15 is 0 Å². The van der Waals surface area contributed by atoms with Gasteiger partial charge in [-0.2, -0.15) is 0 Å². The minimum Gasteiger partial charge on any atom is -0.397 e. The van der Waals surface area contributed by atoms with E-state index in [4.69, 9.17) is 17.3 Å². The number of hydrogen-bond donors (Lipinski definition) is 3. The van der Waals surface area contributed by atoms with Crippen molar-refractivity contribution in [3.8, 4) is 0 Å². The molecular weight excluding hydrogens is 342 g/mol. The summed E-state index contributed by atoms with van der Waals surface area (Å²) < 4.78 is 0.803. The molecular formula is C14H11BrClN3O. The van der Waals surface area contributed by atoms with Crippen LogP contribution in [0.15, 0.2) is 34.8 Å². The second-order valence-electron chi connectivity index (χ2n) is 4.58. The molecule has 0 spiro atoms. The van der Waals surface area contributed by atoms with E-state index in [1.54, 1.807) is 6.07 Å². The Morgan fingerprint density at radius 1 is 1.30 bits per heavy atom. The Kier molecular flexibility index (Phi) is 3.31. The van der Waals surface area contributed by atoms with Gasteiger partial charge in [0.25, 0.3) is 0 Å². The van der Waals surface area contributed by atoms with Crippen LogP contribution < -0.4 is 16.4 Å². The summed E-state index contributed by atoms with van der Waals surface area (Å²) in [6.45, 7) is 0. The Hall–Kier alpha value is -1.72. The third-order valence-electron chi connectivity index (χ3n) is 3.10. The van der Waals surface area contributed by atoms with Crippen LogP contribution in [-0.4, -0.2) is 5.91 Å². The molecule has 1 amide bonds. The second-order valence-corrected chi connectivity index (χ2v) is 5.84. The van der Waals surface area contributed by atoms with E-state index in [2.05, 4.69) is 26.6 Å². The highest BCUT2D eigenvalue weighted by atomic mass is 79.9. The standard InChI is InChI=1S/C14H11BrClN3O/c15-9-5-8(1-2-10(9)16)18-13-6-12-7(3-11(13)17)4-14(20)19-12/h1-3,5-6,18H,4,17H2,(H,19,20). The quantitative estimate of drug-likeness (QED) is 0.718. The summed E-state index contributed by atoms with van der Waals surface area (Å²) in [4.78, 5) is 11.4. The Bertz CT molecular complexity index is 718. The molecule has 1 aliphatic rings. The lowest BCUT2D eigenvalue weighted by Gasteiger charge is -2.12. The maximum atomic E-state index is 11.4. The lowest BCUT2D eigenvalue weighted by Crippen LogP contribution is -2.03. The largest absolute Gasteiger partial charge is 0.397 e. The van der Waals surface area contributed by atoms with Crippen molar-refractivity contribution < 1.29 is 4.79 Å². The van der Waals surface area contributed by atoms with E-state index in [0.717, 1.165) is 27.1 Å². The van der Waals surface area contributed by atoms with Crippen LogP contribution in [0.3, 0.4) is 0 Å². The van der Waals surface area contributed by atoms with Crippen LogP contribution in [0.2, 0.25) is 5.02 Å². The highest BCUT2D eigenvalue weighted by molar-refractivity contribution is 9.10. The summed E-state index contributed by atoms with van der Waals surface area (Å²) in [5, 5.41) is 6.67. The molecule has 0 unspecified atom stereocenters. The summed E-state index contributed by atoms with van der Waals surface area (Å²) >= 11 is 9.34. The predicted molar refractivity (Wildman–Crippen MR) is 85.6 cm³/mol. The number of rotatable bonds is 2. The molecule has 0 fully saturated rings. The number of benzene rings is 2. The summed E-state index contributed by atoms with van der Waals surface area (Å²) in [6, 6.07) is 9.18. The van der Waals surface area contributed by atoms with Gasteiger partial charge in [0, 0.05) is 15.8 Å². The third-order valence-corrected chi connectivity index (χ3v) is 4.31. The fourth-order valence-electron chi connectivity index (χ4n) is 2.13. The molecule has 102 valence electrons. The van der Waals surface area contributed by atoms with Gasteiger partial charge >= 0.3 is 0 Å². The van der Waals surface area contributed by atoms with Gasteiger partial charge in [0.2, 0.25) is 5.91 Å². The molecule has 0 bridgehead atoms. The first-order chi connectivity index (χ1) is 9.52. The summed E-state index contributed by atoms with van der Waals surface area (Å²) in [6.07, 6.45) is 0.381. The van der Waals surface area contributed by atoms with Crippen LogP contribution in [0.1, 0.15) is 5.56 Å². The predicted octanol–water partition coefficient (Wildman–Crippen LogP) is 3.92. The van der Waals surface area contributed by atoms with E-state index < -0.39 is 0 Å². The SMILES string of the molecule is Nc1cc2c(cc1Nc1ccc(Cl)c(Br)c1)NC(=O)C2. The zero-order valence-corrected chi connectivity index (χ0v) is 12.7. The van der Waals surface area contributed by atoms with Gasteiger partial charge < -0.3 is 16.4 Å². The molecule has 0 radical (unpaired) electrons. The van der Waals surface area contributed by atoms with Crippen molar-refractivity contribution in [2.24, 2.45) is 0 Å². The van der Waals surface area contributed by atoms with Gasteiger partial charge in [0.15, 0.2) is 0 Å². The van der Waals surface area contributed by atoms with Crippen molar-refractivity contribution >= 4 is 56.2 Å². The first kappa shape index (κ1) is 13.3. The lowest BCUT2D eigenvalue weighted by atomic mass is 10.1. The van der Waals surface area contributed by atoms with Crippen LogP contribution in [0.5, 0.6) is 0 Å². The molecule has 2 aromatic rings. The highest BCUT2D eigenvalue weighted by Gasteiger charge is 2.19. The minimum atomic E-state index is -0.00853. The minimum absolute atomic E-state index is 0.00853. The fourth-order valence-corrected chi connectivity index (χ4v) is 2.63. The number of anilines is 4. The number of fused-ring (bicyclic) bond motifs is 1. The normalized spacial score (nSPS) is 13.0. The lowest BCUT2D eigenvalue weighted by molar-refractivity contribution is -0.115. The first-order valence-corrected chi connectivity index (χ1v) is 7.14. The molecule has 0 saturated heterocycles. The van der Waals surface area contributed by atoms with Crippen molar-refractivity contribution in [2.75, 3.05) is 16.4 Å². The number of carbonyl (C=O) groups excluding carboxylic acids is 1. The zero-order valence-electron chi connectivity index (χ0n) is 10.3. The van der Waals surface area contributed by atoms with Gasteiger partial charge in [-0.3, -0.25) is 4.79 Å². The summed E-state index contributed by atoms with van der Waals surface area (Å²) in [5.41, 5.74) is 9.96. The van der Waals surface area contributed by atoms with E-state index in [-0.39, 0.29) is 5.91 Å². The number of nitrogens with one attached hydrogen (secondary N) is 2. The maximum absolute atomic E-state index is 11.4. The van der Waals surface area contributed by atoms with Crippen molar-refractivity contribution in [1.82, 2.24) is 0 Å². The summed E-state index contributed by atoms with van der Waals surface area (Å²) in [7, 11) is 0. The van der Waals surface area contributed by atoms with Crippen LogP contribution in [-0.2, 0) is 11.2 Å². The summed E-state index contributed by atoms with van der Waals surface area (Å²) in [5.74, 6) is -0.00853. The molecule has 1 aliphatic heterocycles. The first-order valence-electron chi connectivity index (χ1n) is 5.97. The van der Waals surface area contributed by atoms with Gasteiger partial charge in [0.1, 0.15) is 0 Å². The molecule has 1 heterocycles. The monoisotopic (exact) mass is 351 g/mol. The van der Waals surface area contributed by atoms with Crippen LogP contribution >= 0.6 is 27.5 Å². The fraction of sp³-hybridized carbons (Fsp3) is 0.0714. The molecule has 6 heteroatoms. The number of hydrogen-bond acceptors (Lipinski definition) is 3. The van der Waals surface area contributed by atoms with Gasteiger partial charge in [-0.05, 0) is 51.8 Å². The molecule has 0 aliphatic carbocycles. The third kappa shape index (κ3) is 2.46. The van der Waals surface area contributed by atoms with E-state index in [0.29, 0.717) is 17.1 Å². The Labute approximate surface area is 129 Å². The number of nitrogen functional groups attached to an aromatic ring is 1. The smallest absolute Gasteiger partial charge is 0.228 e. The van der Waals surface area contributed by atoms with Crippen LogP contribution in [0, 0.1) is 0 Å². The molecule has 0 saturated carbocycles. The van der Waals surface area contributed by atoms with Gasteiger partial charge in [-0.15, -0.1) is 0 Å². The van der Waals surface area contributed by atoms with Gasteiger partial charge in [-0.1, -0.05) is 11.6 Å². The highest BCUT2D eigenvalue weighted by Crippen LogP contribution is 2.34. The van der Waals surface area contributed by atoms with E-state index in [1.165, 1.54) is 0 Å². The molecule has 3 rings (SSSR count). The van der Waals surface area contributed by atoms with Crippen LogP contribution in [0.4, 0.5) is 22.7 Å². The molecule has 4 N–H and O–H groups in total. The van der Waals surface area contributed by atoms with Crippen molar-refractivity contribution in [3.05, 3.63) is 45.4 Å². The van der Waals surface area contributed by atoms with E-state index in [9.17, 15) is 4.79 Å². The number of carbonyl (C=O) groups is 1. The van der Waals surface area contributed by atoms with Crippen molar-refractivity contribution in [2.45, 2.75) is 6.42 Å². The Morgan fingerprint density at radius 2 is 2.10 bits per heavy atom. The van der Waals surface area contributed by atoms with Crippen molar-refractivity contribution in [1.29, 1.82) is 0 Å². The maximum Gasteiger partial charge on any atom is 0.228 e. The van der Waals surface area contributed by atoms with Crippen molar-refractivity contribution in [3.63, 3.8) is 0 Å². The molecule has 0 aromatic heterocycles. The molecule has 0 atom stereocenters. The molecule has 20 heavy (non-hydrogen) atoms. The number of halogens is 2. The zero-order chi connectivity index (χ0) is 14.3. The molecule has 4 nitrogen and oxygen atoms in total. The average Bonchev–Trinajstić information content (AvgIpc) is 2.73.